The molecule has 0 saturated carbocycles. The highest BCUT2D eigenvalue weighted by atomic mass is 79.9. The highest BCUT2D eigenvalue weighted by Gasteiger charge is 2.35. The van der Waals surface area contributed by atoms with Crippen molar-refractivity contribution in [2.75, 3.05) is 26.7 Å². The molecule has 6 nitrogen and oxygen atoms in total. The van der Waals surface area contributed by atoms with Gasteiger partial charge in [0.1, 0.15) is 0 Å². The van der Waals surface area contributed by atoms with E-state index in [1.807, 2.05) is 18.2 Å². The van der Waals surface area contributed by atoms with Crippen LogP contribution in [-0.4, -0.2) is 54.2 Å². The van der Waals surface area contributed by atoms with Gasteiger partial charge in [0.05, 0.1) is 11.1 Å². The number of benzene rings is 2. The summed E-state index contributed by atoms with van der Waals surface area (Å²) < 4.78 is 0.745. The molecule has 2 aromatic carbocycles. The fourth-order valence-electron chi connectivity index (χ4n) is 3.32. The Balaban J connectivity index is 1.36. The molecular weight excluding hydrogens is 434 g/mol. The lowest BCUT2D eigenvalue weighted by Crippen LogP contribution is -2.35. The smallest absolute Gasteiger partial charge is 0.261 e. The zero-order chi connectivity index (χ0) is 20.8. The predicted molar refractivity (Wildman–Crippen MR) is 115 cm³/mol. The predicted octanol–water partition coefficient (Wildman–Crippen LogP) is 3.07. The Labute approximate surface area is 179 Å². The molecule has 1 aliphatic heterocycles. The van der Waals surface area contributed by atoms with Crippen molar-refractivity contribution in [2.45, 2.75) is 19.4 Å². The van der Waals surface area contributed by atoms with E-state index in [0.717, 1.165) is 28.9 Å². The topological polar surface area (TPSA) is 69.7 Å². The third-order valence-corrected chi connectivity index (χ3v) is 5.32. The zero-order valence-electron chi connectivity index (χ0n) is 16.4. The van der Waals surface area contributed by atoms with E-state index in [2.05, 4.69) is 45.3 Å². The maximum atomic E-state index is 12.4. The molecule has 3 amide bonds. The van der Waals surface area contributed by atoms with Crippen LogP contribution in [-0.2, 0) is 11.3 Å². The molecule has 3 rings (SSSR count). The summed E-state index contributed by atoms with van der Waals surface area (Å²) in [6.45, 7) is 2.38. The van der Waals surface area contributed by atoms with Crippen LogP contribution in [0.4, 0.5) is 0 Å². The highest BCUT2D eigenvalue weighted by Crippen LogP contribution is 2.26. The van der Waals surface area contributed by atoms with E-state index in [0.29, 0.717) is 17.7 Å². The molecule has 0 radical (unpaired) electrons. The summed E-state index contributed by atoms with van der Waals surface area (Å²) in [6.07, 6.45) is 0.933. The lowest BCUT2D eigenvalue weighted by Gasteiger charge is -2.17. The van der Waals surface area contributed by atoms with Gasteiger partial charge in [0.15, 0.2) is 0 Å². The summed E-state index contributed by atoms with van der Waals surface area (Å²) in [6, 6.07) is 15.2. The summed E-state index contributed by atoms with van der Waals surface area (Å²) in [5.41, 5.74) is 2.03. The van der Waals surface area contributed by atoms with Crippen molar-refractivity contribution in [1.82, 2.24) is 15.1 Å². The van der Waals surface area contributed by atoms with Crippen LogP contribution in [0.15, 0.2) is 53.0 Å². The van der Waals surface area contributed by atoms with Crippen LogP contribution >= 0.6 is 15.9 Å². The molecule has 0 spiro atoms. The zero-order valence-corrected chi connectivity index (χ0v) is 17.9. The number of rotatable bonds is 9. The molecule has 2 aromatic rings. The van der Waals surface area contributed by atoms with Crippen LogP contribution in [0.2, 0.25) is 0 Å². The first kappa shape index (κ1) is 21.2. The molecule has 1 heterocycles. The number of fused-ring (bicyclic) bond motifs is 1. The average molecular weight is 458 g/mol. The van der Waals surface area contributed by atoms with Gasteiger partial charge in [-0.15, -0.1) is 0 Å². The van der Waals surface area contributed by atoms with Gasteiger partial charge in [0.2, 0.25) is 5.91 Å². The SMILES string of the molecule is CN(CCCNC(=O)CCN1C(=O)c2ccc(Br)cc2C1=O)Cc1ccccc1. The molecule has 1 aliphatic rings. The van der Waals surface area contributed by atoms with E-state index < -0.39 is 0 Å². The van der Waals surface area contributed by atoms with Crippen molar-refractivity contribution in [3.63, 3.8) is 0 Å². The Morgan fingerprint density at radius 3 is 2.55 bits per heavy atom. The van der Waals surface area contributed by atoms with Gasteiger partial charge in [-0.05, 0) is 43.8 Å². The van der Waals surface area contributed by atoms with E-state index in [1.165, 1.54) is 5.56 Å². The van der Waals surface area contributed by atoms with E-state index in [-0.39, 0.29) is 30.7 Å². The summed E-state index contributed by atoms with van der Waals surface area (Å²) in [5, 5.41) is 2.86. The molecule has 0 aliphatic carbocycles. The average Bonchev–Trinajstić information content (AvgIpc) is 2.94. The number of nitrogens with one attached hydrogen (secondary N) is 1. The second kappa shape index (κ2) is 9.80. The first-order valence-corrected chi connectivity index (χ1v) is 10.4. The van der Waals surface area contributed by atoms with Gasteiger partial charge in [-0.1, -0.05) is 46.3 Å². The molecule has 0 fully saturated rings. The number of imide groups is 1. The first-order chi connectivity index (χ1) is 14.0. The van der Waals surface area contributed by atoms with Gasteiger partial charge in [-0.3, -0.25) is 19.3 Å². The second-order valence-corrected chi connectivity index (χ2v) is 8.04. The van der Waals surface area contributed by atoms with Crippen molar-refractivity contribution in [2.24, 2.45) is 0 Å². The minimum absolute atomic E-state index is 0.0870. The number of nitrogens with zero attached hydrogens (tertiary/aromatic N) is 2. The molecule has 0 unspecified atom stereocenters. The van der Waals surface area contributed by atoms with E-state index in [4.69, 9.17) is 0 Å². The lowest BCUT2D eigenvalue weighted by atomic mass is 10.1. The Morgan fingerprint density at radius 1 is 1.07 bits per heavy atom. The summed E-state index contributed by atoms with van der Waals surface area (Å²) in [4.78, 5) is 40.2. The quantitative estimate of drug-likeness (QED) is 0.463. The first-order valence-electron chi connectivity index (χ1n) is 9.60. The maximum absolute atomic E-state index is 12.4. The van der Waals surface area contributed by atoms with Crippen LogP contribution in [0, 0.1) is 0 Å². The van der Waals surface area contributed by atoms with E-state index in [9.17, 15) is 14.4 Å². The van der Waals surface area contributed by atoms with Crippen LogP contribution in [0.3, 0.4) is 0 Å². The minimum atomic E-state index is -0.346. The second-order valence-electron chi connectivity index (χ2n) is 7.13. The molecule has 0 atom stereocenters. The highest BCUT2D eigenvalue weighted by molar-refractivity contribution is 9.10. The molecular formula is C22H24BrN3O3. The summed E-state index contributed by atoms with van der Waals surface area (Å²) in [7, 11) is 2.05. The fourth-order valence-corrected chi connectivity index (χ4v) is 3.68. The van der Waals surface area contributed by atoms with Gasteiger partial charge in [-0.2, -0.15) is 0 Å². The standard InChI is InChI=1S/C22H24BrN3O3/c1-25(15-16-6-3-2-4-7-16)12-5-11-24-20(27)10-13-26-21(28)18-9-8-17(23)14-19(18)22(26)29/h2-4,6-9,14H,5,10-13,15H2,1H3,(H,24,27). The monoisotopic (exact) mass is 457 g/mol. The molecule has 7 heteroatoms. The van der Waals surface area contributed by atoms with Crippen LogP contribution in [0.1, 0.15) is 39.1 Å². The number of carbonyl (C=O) groups excluding carboxylic acids is 3. The Morgan fingerprint density at radius 2 is 1.79 bits per heavy atom. The summed E-state index contributed by atoms with van der Waals surface area (Å²) in [5.74, 6) is -0.845. The van der Waals surface area contributed by atoms with Gasteiger partial charge < -0.3 is 10.2 Å². The number of amides is 3. The Bertz CT molecular complexity index is 901. The molecule has 152 valence electrons. The third-order valence-electron chi connectivity index (χ3n) is 4.83. The molecule has 0 saturated heterocycles. The van der Waals surface area contributed by atoms with E-state index in [1.54, 1.807) is 18.2 Å². The Kier molecular flexibility index (Phi) is 7.17. The third kappa shape index (κ3) is 5.52. The van der Waals surface area contributed by atoms with Crippen LogP contribution < -0.4 is 5.32 Å². The van der Waals surface area contributed by atoms with Crippen LogP contribution in [0.5, 0.6) is 0 Å². The van der Waals surface area contributed by atoms with Crippen molar-refractivity contribution in [3.8, 4) is 0 Å². The van der Waals surface area contributed by atoms with Crippen molar-refractivity contribution in [3.05, 3.63) is 69.7 Å². The number of hydrogen-bond donors (Lipinski definition) is 1. The van der Waals surface area contributed by atoms with Crippen LogP contribution in [0.25, 0.3) is 0 Å². The largest absolute Gasteiger partial charge is 0.356 e. The van der Waals surface area contributed by atoms with Crippen molar-refractivity contribution in [1.29, 1.82) is 0 Å². The molecule has 1 N–H and O–H groups in total. The van der Waals surface area contributed by atoms with E-state index >= 15 is 0 Å². The number of carbonyl (C=O) groups is 3. The van der Waals surface area contributed by atoms with Crippen molar-refractivity contribution < 1.29 is 14.4 Å². The number of hydrogen-bond acceptors (Lipinski definition) is 4. The number of halogens is 1. The molecule has 29 heavy (non-hydrogen) atoms. The minimum Gasteiger partial charge on any atom is -0.356 e. The van der Waals surface area contributed by atoms with Gasteiger partial charge in [-0.25, -0.2) is 0 Å². The maximum Gasteiger partial charge on any atom is 0.261 e. The molecule has 0 aromatic heterocycles. The van der Waals surface area contributed by atoms with Gasteiger partial charge >= 0.3 is 0 Å². The van der Waals surface area contributed by atoms with Crippen molar-refractivity contribution >= 4 is 33.7 Å². The normalized spacial score (nSPS) is 13.1. The lowest BCUT2D eigenvalue weighted by molar-refractivity contribution is -0.121. The fraction of sp³-hybridized carbons (Fsp3) is 0.318. The Hall–Kier alpha value is -2.51. The molecule has 0 bridgehead atoms. The summed E-state index contributed by atoms with van der Waals surface area (Å²) >= 11 is 3.31. The van der Waals surface area contributed by atoms with Gasteiger partial charge in [0.25, 0.3) is 11.8 Å². The van der Waals surface area contributed by atoms with Gasteiger partial charge in [0, 0.05) is 30.5 Å².